The molecule has 0 heterocycles. The summed E-state index contributed by atoms with van der Waals surface area (Å²) in [6, 6.07) is 31.3. The highest BCUT2D eigenvalue weighted by atomic mass is 79.9. The highest BCUT2D eigenvalue weighted by molar-refractivity contribution is 9.11. The summed E-state index contributed by atoms with van der Waals surface area (Å²) in [5, 5.41) is 4.81. The average molecular weight is 904 g/mol. The summed E-state index contributed by atoms with van der Waals surface area (Å²) in [7, 11) is -6.41. The SMILES string of the molecule is CC(=C=C1C(C)(C)C12/C(=C(\C)P(=O)(c1ccc(Br)cc1)c1ccc(Br)cc1)C2(C)C)P(=O)(c1ccc(Br)cc1)c1ccc(Br)cc1. The Morgan fingerprint density at radius 2 is 0.826 bits per heavy atom. The minimum atomic E-state index is -3.21. The van der Waals surface area contributed by atoms with Gasteiger partial charge in [-0.2, -0.15) is 0 Å². The zero-order chi connectivity index (χ0) is 33.4. The molecule has 0 N–H and O–H groups in total. The van der Waals surface area contributed by atoms with Gasteiger partial charge in [-0.3, -0.25) is 0 Å². The first-order valence-corrected chi connectivity index (χ1v) is 21.6. The van der Waals surface area contributed by atoms with Gasteiger partial charge in [0.1, 0.15) is 0 Å². The summed E-state index contributed by atoms with van der Waals surface area (Å²) < 4.78 is 34.6. The number of halogens is 4. The zero-order valence-electron chi connectivity index (χ0n) is 26.5. The standard InChI is InChI=1S/C38H34Br4O2P2/c1-24(45(43,30-15-7-26(39)8-16-30)31-17-9-27(40)10-18-31)23-34-36(3,4)38(34)35(37(38,5)6)25(2)46(44,32-19-11-28(41)12-20-32)33-21-13-29(42)14-22-33/h7-22H,1-6H3/b35-25+. The van der Waals surface area contributed by atoms with Crippen LogP contribution in [0.1, 0.15) is 41.5 Å². The minimum Gasteiger partial charge on any atom is -0.309 e. The molecule has 8 heteroatoms. The van der Waals surface area contributed by atoms with Crippen molar-refractivity contribution in [2.24, 2.45) is 16.2 Å². The molecule has 0 aromatic heterocycles. The molecule has 46 heavy (non-hydrogen) atoms. The second-order valence-corrected chi connectivity index (χ2v) is 22.7. The molecule has 2 saturated carbocycles. The third-order valence-electron chi connectivity index (χ3n) is 10.1. The highest BCUT2D eigenvalue weighted by Crippen LogP contribution is 2.94. The van der Waals surface area contributed by atoms with Crippen molar-refractivity contribution in [1.29, 1.82) is 0 Å². The lowest BCUT2D eigenvalue weighted by molar-refractivity contribution is 0.451. The topological polar surface area (TPSA) is 34.1 Å². The van der Waals surface area contributed by atoms with E-state index in [1.54, 1.807) is 0 Å². The van der Waals surface area contributed by atoms with Gasteiger partial charge < -0.3 is 9.13 Å². The maximum absolute atomic E-state index is 15.6. The lowest BCUT2D eigenvalue weighted by atomic mass is 10.0. The van der Waals surface area contributed by atoms with Crippen molar-refractivity contribution in [2.45, 2.75) is 41.5 Å². The maximum Gasteiger partial charge on any atom is 0.174 e. The Labute approximate surface area is 306 Å². The zero-order valence-corrected chi connectivity index (χ0v) is 34.6. The second kappa shape index (κ2) is 11.8. The molecule has 0 bridgehead atoms. The van der Waals surface area contributed by atoms with Gasteiger partial charge in [-0.25, -0.2) is 0 Å². The van der Waals surface area contributed by atoms with E-state index >= 15 is 9.13 Å². The lowest BCUT2D eigenvalue weighted by Crippen LogP contribution is -2.17. The average Bonchev–Trinajstić information content (AvgIpc) is 3.75. The Hall–Kier alpha value is -1.48. The molecule has 0 saturated heterocycles. The van der Waals surface area contributed by atoms with Crippen molar-refractivity contribution in [2.75, 3.05) is 0 Å². The molecule has 2 nitrogen and oxygen atoms in total. The third-order valence-corrected chi connectivity index (χ3v) is 18.6. The molecule has 4 aromatic rings. The largest absolute Gasteiger partial charge is 0.309 e. The fraction of sp³-hybridized carbons (Fsp3) is 0.237. The van der Waals surface area contributed by atoms with Gasteiger partial charge >= 0.3 is 0 Å². The molecule has 1 spiro atoms. The molecule has 0 aliphatic heterocycles. The fourth-order valence-corrected chi connectivity index (χ4v) is 14.4. The van der Waals surface area contributed by atoms with Crippen molar-refractivity contribution in [3.63, 3.8) is 0 Å². The summed E-state index contributed by atoms with van der Waals surface area (Å²) in [5.74, 6) is 0. The molecule has 1 atom stereocenters. The van der Waals surface area contributed by atoms with Gasteiger partial charge in [0, 0.05) is 60.7 Å². The Bertz CT molecular complexity index is 1970. The Kier molecular flexibility index (Phi) is 8.85. The fourth-order valence-electron chi connectivity index (χ4n) is 7.91. The Morgan fingerprint density at radius 1 is 0.522 bits per heavy atom. The van der Waals surface area contributed by atoms with E-state index in [1.807, 2.05) is 104 Å². The molecule has 2 fully saturated rings. The van der Waals surface area contributed by atoms with Crippen LogP contribution in [0.25, 0.3) is 0 Å². The molecule has 6 rings (SSSR count). The predicted octanol–water partition coefficient (Wildman–Crippen LogP) is 11.8. The maximum atomic E-state index is 15.6. The predicted molar refractivity (Wildman–Crippen MR) is 209 cm³/mol. The summed E-state index contributed by atoms with van der Waals surface area (Å²) >= 11 is 14.2. The number of benzene rings is 4. The molecule has 1 unspecified atom stereocenters. The van der Waals surface area contributed by atoms with Crippen molar-refractivity contribution < 1.29 is 9.13 Å². The normalized spacial score (nSPS) is 20.7. The molecule has 0 amide bonds. The van der Waals surface area contributed by atoms with Gasteiger partial charge in [0.05, 0.1) is 0 Å². The van der Waals surface area contributed by atoms with Crippen molar-refractivity contribution >= 4 is 99.2 Å². The van der Waals surface area contributed by atoms with Crippen LogP contribution in [-0.2, 0) is 9.13 Å². The van der Waals surface area contributed by atoms with Gasteiger partial charge in [0.25, 0.3) is 0 Å². The van der Waals surface area contributed by atoms with E-state index in [0.717, 1.165) is 55.3 Å². The van der Waals surface area contributed by atoms with Crippen LogP contribution in [0.2, 0.25) is 0 Å². The highest BCUT2D eigenvalue weighted by Gasteiger charge is 2.88. The van der Waals surface area contributed by atoms with Crippen LogP contribution in [0.4, 0.5) is 0 Å². The first kappa shape index (κ1) is 34.4. The van der Waals surface area contributed by atoms with E-state index in [2.05, 4.69) is 104 Å². The lowest BCUT2D eigenvalue weighted by Gasteiger charge is -2.21. The third kappa shape index (κ3) is 5.05. The van der Waals surface area contributed by atoms with Crippen LogP contribution in [0.3, 0.4) is 0 Å². The first-order valence-electron chi connectivity index (χ1n) is 15.0. The van der Waals surface area contributed by atoms with Gasteiger partial charge in [0.2, 0.25) is 0 Å². The second-order valence-electron chi connectivity index (χ2n) is 13.2. The van der Waals surface area contributed by atoms with E-state index < -0.39 is 14.3 Å². The van der Waals surface area contributed by atoms with Crippen molar-refractivity contribution in [3.05, 3.63) is 142 Å². The molecule has 2 aliphatic rings. The number of hydrogen-bond acceptors (Lipinski definition) is 2. The quantitative estimate of drug-likeness (QED) is 0.143. The van der Waals surface area contributed by atoms with Gasteiger partial charge in [0.15, 0.2) is 14.3 Å². The van der Waals surface area contributed by atoms with Crippen LogP contribution in [0, 0.1) is 16.2 Å². The smallest absolute Gasteiger partial charge is 0.174 e. The first-order chi connectivity index (χ1) is 21.5. The molecule has 236 valence electrons. The van der Waals surface area contributed by atoms with Gasteiger partial charge in [-0.05, 0) is 127 Å². The number of rotatable bonds is 6. The minimum absolute atomic E-state index is 0.247. The van der Waals surface area contributed by atoms with Crippen LogP contribution in [-0.4, -0.2) is 0 Å². The summed E-state index contributed by atoms with van der Waals surface area (Å²) in [6.45, 7) is 13.0. The number of hydrogen-bond donors (Lipinski definition) is 0. The van der Waals surface area contributed by atoms with E-state index in [9.17, 15) is 0 Å². The Balaban J connectivity index is 1.58. The van der Waals surface area contributed by atoms with Crippen molar-refractivity contribution in [1.82, 2.24) is 0 Å². The van der Waals surface area contributed by atoms with Crippen LogP contribution >= 0.6 is 78.0 Å². The van der Waals surface area contributed by atoms with Crippen LogP contribution in [0.5, 0.6) is 0 Å². The molecular weight excluding hydrogens is 870 g/mol. The monoisotopic (exact) mass is 900 g/mol. The van der Waals surface area contributed by atoms with E-state index in [1.165, 1.54) is 5.57 Å². The molecular formula is C38H34Br4O2P2. The summed E-state index contributed by atoms with van der Waals surface area (Å²) in [4.78, 5) is 0. The van der Waals surface area contributed by atoms with Crippen LogP contribution < -0.4 is 21.2 Å². The van der Waals surface area contributed by atoms with Crippen LogP contribution in [0.15, 0.2) is 142 Å². The van der Waals surface area contributed by atoms with Gasteiger partial charge in [-0.15, -0.1) is 5.73 Å². The summed E-state index contributed by atoms with van der Waals surface area (Å²) in [5.41, 5.74) is 5.28. The number of allylic oxidation sites excluding steroid dienone is 3. The van der Waals surface area contributed by atoms with E-state index in [-0.39, 0.29) is 16.2 Å². The van der Waals surface area contributed by atoms with E-state index in [0.29, 0.717) is 0 Å². The molecule has 4 aromatic carbocycles. The molecule has 0 radical (unpaired) electrons. The van der Waals surface area contributed by atoms with E-state index in [4.69, 9.17) is 0 Å². The van der Waals surface area contributed by atoms with Gasteiger partial charge in [-0.1, -0.05) is 91.4 Å². The summed E-state index contributed by atoms with van der Waals surface area (Å²) in [6.07, 6.45) is 0. The Morgan fingerprint density at radius 3 is 1.15 bits per heavy atom. The van der Waals surface area contributed by atoms with Crippen molar-refractivity contribution in [3.8, 4) is 0 Å². The molecule has 2 aliphatic carbocycles.